The zero-order valence-corrected chi connectivity index (χ0v) is 14.3. The van der Waals surface area contributed by atoms with Gasteiger partial charge in [0.1, 0.15) is 5.75 Å². The monoisotopic (exact) mass is 377 g/mol. The molecule has 0 heterocycles. The van der Waals surface area contributed by atoms with Gasteiger partial charge in [0.25, 0.3) is 0 Å². The third kappa shape index (κ3) is 4.85. The summed E-state index contributed by atoms with van der Waals surface area (Å²) in [6.45, 7) is 0. The molecule has 2 aromatic carbocycles. The van der Waals surface area contributed by atoms with Crippen molar-refractivity contribution in [2.24, 2.45) is 0 Å². The highest BCUT2D eigenvalue weighted by molar-refractivity contribution is 8.63. The van der Waals surface area contributed by atoms with Crippen molar-refractivity contribution in [3.63, 3.8) is 0 Å². The maximum Gasteiger partial charge on any atom is 0.398 e. The Hall–Kier alpha value is -0.820. The van der Waals surface area contributed by atoms with Gasteiger partial charge < -0.3 is 4.52 Å². The van der Waals surface area contributed by atoms with Crippen molar-refractivity contribution in [3.8, 4) is 11.8 Å². The van der Waals surface area contributed by atoms with Crippen LogP contribution in [0.2, 0.25) is 10.0 Å². The first kappa shape index (κ1) is 16.5. The molecule has 0 saturated carbocycles. The molecule has 0 spiro atoms. The first-order valence-corrected chi connectivity index (χ1v) is 10.2. The van der Waals surface area contributed by atoms with Crippen molar-refractivity contribution in [1.29, 1.82) is 5.26 Å². The summed E-state index contributed by atoms with van der Waals surface area (Å²) in [7, 11) is 0. The van der Waals surface area contributed by atoms with Crippen LogP contribution in [0.3, 0.4) is 0 Å². The van der Waals surface area contributed by atoms with Gasteiger partial charge in [-0.1, -0.05) is 23.2 Å². The van der Waals surface area contributed by atoms with Gasteiger partial charge in [-0.25, -0.2) is 4.57 Å². The summed E-state index contributed by atoms with van der Waals surface area (Å²) in [5.74, 6) is -3.22. The van der Waals surface area contributed by atoms with E-state index in [0.29, 0.717) is 15.5 Å². The molecule has 0 radical (unpaired) electrons. The second kappa shape index (κ2) is 6.96. The van der Waals surface area contributed by atoms with E-state index in [9.17, 15) is 4.57 Å². The van der Waals surface area contributed by atoms with Gasteiger partial charge in [-0.05, 0) is 59.0 Å². The van der Waals surface area contributed by atoms with Crippen LogP contribution in [0.25, 0.3) is 0 Å². The molecule has 0 aliphatic carbocycles. The Morgan fingerprint density at radius 3 is 2.33 bits per heavy atom. The average Bonchev–Trinajstić information content (AvgIpc) is 2.43. The van der Waals surface area contributed by atoms with Crippen LogP contribution in [-0.2, 0) is 4.57 Å². The van der Waals surface area contributed by atoms with Gasteiger partial charge in [0.15, 0.2) is 0 Å². The Morgan fingerprint density at radius 2 is 1.76 bits per heavy atom. The van der Waals surface area contributed by atoms with E-state index < -0.39 is 5.92 Å². The predicted molar refractivity (Wildman–Crippen MR) is 87.6 cm³/mol. The molecule has 0 amide bonds. The molecule has 0 fully saturated rings. The molecule has 2 aromatic rings. The van der Waals surface area contributed by atoms with E-state index in [0.717, 1.165) is 11.4 Å². The molecule has 3 nitrogen and oxygen atoms in total. The number of hydrogen-bond donors (Lipinski definition) is 0. The van der Waals surface area contributed by atoms with Gasteiger partial charge in [0, 0.05) is 11.0 Å². The fraction of sp³-hybridized carbons (Fsp3) is 0. The maximum absolute atomic E-state index is 12.3. The van der Waals surface area contributed by atoms with Crippen molar-refractivity contribution in [3.05, 3.63) is 58.1 Å². The fourth-order valence-electron chi connectivity index (χ4n) is 1.39. The lowest BCUT2D eigenvalue weighted by molar-refractivity contribution is 0.514. The number of nitrogens with zero attached hydrogens (tertiary/aromatic N) is 1. The summed E-state index contributed by atoms with van der Waals surface area (Å²) >= 11 is 18.5. The van der Waals surface area contributed by atoms with E-state index >= 15 is 0 Å². The largest absolute Gasteiger partial charge is 0.425 e. The van der Waals surface area contributed by atoms with Crippen molar-refractivity contribution < 1.29 is 9.09 Å². The number of benzene rings is 2. The molecule has 2 rings (SSSR count). The number of hydrogen-bond acceptors (Lipinski definition) is 4. The molecule has 1 atom stereocenters. The topological polar surface area (TPSA) is 50.1 Å². The number of nitriles is 1. The summed E-state index contributed by atoms with van der Waals surface area (Å²) in [6, 6.07) is 13.0. The Kier molecular flexibility index (Phi) is 5.48. The van der Waals surface area contributed by atoms with Crippen molar-refractivity contribution in [2.75, 3.05) is 0 Å². The zero-order valence-electron chi connectivity index (χ0n) is 10.3. The third-order valence-corrected chi connectivity index (χ3v) is 6.51. The Morgan fingerprint density at radius 1 is 1.10 bits per heavy atom. The summed E-state index contributed by atoms with van der Waals surface area (Å²) in [5.41, 5.74) is 0.508. The first-order valence-electron chi connectivity index (χ1n) is 5.54. The third-order valence-electron chi connectivity index (χ3n) is 2.30. The molecule has 0 saturated heterocycles. The van der Waals surface area contributed by atoms with Gasteiger partial charge in [-0.3, -0.25) is 0 Å². The Labute approximate surface area is 140 Å². The SMILES string of the molecule is N#Cc1ccc(SP(=O)(Cl)Oc2ccc(Cl)c(Cl)c2)cc1. The minimum atomic E-state index is -3.49. The van der Waals surface area contributed by atoms with E-state index in [1.54, 1.807) is 24.3 Å². The van der Waals surface area contributed by atoms with Gasteiger partial charge >= 0.3 is 5.92 Å². The lowest BCUT2D eigenvalue weighted by Gasteiger charge is -2.12. The Balaban J connectivity index is 2.12. The Bertz CT molecular complexity index is 746. The molecule has 8 heteroatoms. The number of halogens is 3. The lowest BCUT2D eigenvalue weighted by Crippen LogP contribution is -1.85. The van der Waals surface area contributed by atoms with Crippen molar-refractivity contribution in [1.82, 2.24) is 0 Å². The summed E-state index contributed by atoms with van der Waals surface area (Å²) in [4.78, 5) is 0.632. The van der Waals surface area contributed by atoms with Gasteiger partial charge in [0.05, 0.1) is 21.7 Å². The summed E-state index contributed by atoms with van der Waals surface area (Å²) in [6.07, 6.45) is 0. The lowest BCUT2D eigenvalue weighted by atomic mass is 10.2. The van der Waals surface area contributed by atoms with E-state index in [-0.39, 0.29) is 10.8 Å². The van der Waals surface area contributed by atoms with Crippen LogP contribution in [0.15, 0.2) is 47.4 Å². The van der Waals surface area contributed by atoms with Crippen LogP contribution in [0.5, 0.6) is 5.75 Å². The molecular formula is C13H7Cl3NO2PS. The molecule has 0 aliphatic heterocycles. The molecule has 0 aliphatic rings. The van der Waals surface area contributed by atoms with Crippen LogP contribution >= 0.6 is 51.7 Å². The summed E-state index contributed by atoms with van der Waals surface area (Å²) in [5, 5.41) is 9.37. The molecule has 0 N–H and O–H groups in total. The fourth-order valence-corrected chi connectivity index (χ4v) is 5.04. The highest BCUT2D eigenvalue weighted by atomic mass is 35.7. The van der Waals surface area contributed by atoms with Gasteiger partial charge in [-0.15, -0.1) is 0 Å². The van der Waals surface area contributed by atoms with Crippen LogP contribution in [0.4, 0.5) is 0 Å². The van der Waals surface area contributed by atoms with Gasteiger partial charge in [-0.2, -0.15) is 5.26 Å². The second-order valence-corrected chi connectivity index (χ2v) is 10.3. The minimum Gasteiger partial charge on any atom is -0.425 e. The summed E-state index contributed by atoms with van der Waals surface area (Å²) < 4.78 is 17.5. The zero-order chi connectivity index (χ0) is 15.5. The molecule has 108 valence electrons. The first-order chi connectivity index (χ1) is 9.89. The molecule has 0 bridgehead atoms. The normalized spacial score (nSPS) is 13.2. The predicted octanol–water partition coefficient (Wildman–Crippen LogP) is 6.38. The van der Waals surface area contributed by atoms with Crippen LogP contribution in [-0.4, -0.2) is 0 Å². The quantitative estimate of drug-likeness (QED) is 0.579. The molecular weight excluding hydrogens is 372 g/mol. The van der Waals surface area contributed by atoms with Gasteiger partial charge in [0.2, 0.25) is 0 Å². The number of rotatable bonds is 4. The molecule has 1 unspecified atom stereocenters. The van der Waals surface area contributed by atoms with E-state index in [2.05, 4.69) is 0 Å². The van der Waals surface area contributed by atoms with E-state index in [1.165, 1.54) is 18.2 Å². The van der Waals surface area contributed by atoms with Crippen molar-refractivity contribution >= 4 is 51.7 Å². The second-order valence-electron chi connectivity index (χ2n) is 3.83. The van der Waals surface area contributed by atoms with Crippen molar-refractivity contribution in [2.45, 2.75) is 4.90 Å². The molecule has 21 heavy (non-hydrogen) atoms. The molecule has 0 aromatic heterocycles. The average molecular weight is 379 g/mol. The van der Waals surface area contributed by atoms with Crippen LogP contribution in [0, 0.1) is 11.3 Å². The minimum absolute atomic E-state index is 0.267. The maximum atomic E-state index is 12.3. The van der Waals surface area contributed by atoms with E-state index in [4.69, 9.17) is 44.2 Å². The van der Waals surface area contributed by atoms with Crippen LogP contribution in [0.1, 0.15) is 5.56 Å². The highest BCUT2D eigenvalue weighted by Crippen LogP contribution is 2.66. The van der Waals surface area contributed by atoms with Crippen LogP contribution < -0.4 is 4.52 Å². The highest BCUT2D eigenvalue weighted by Gasteiger charge is 2.23. The smallest absolute Gasteiger partial charge is 0.398 e. The van der Waals surface area contributed by atoms with E-state index in [1.807, 2.05) is 6.07 Å². The standard InChI is InChI=1S/C13H7Cl3NO2PS/c14-12-6-3-10(7-13(12)15)19-20(16,18)21-11-4-1-9(8-17)2-5-11/h1-7H.